The molecular formula is C30H27N3O6S. The summed E-state index contributed by atoms with van der Waals surface area (Å²) < 4.78 is 10.5. The summed E-state index contributed by atoms with van der Waals surface area (Å²) in [5.74, 6) is 0.414. The van der Waals surface area contributed by atoms with Crippen LogP contribution in [-0.2, 0) is 4.79 Å². The van der Waals surface area contributed by atoms with E-state index in [1.54, 1.807) is 37.3 Å². The topological polar surface area (TPSA) is 120 Å². The molecule has 0 spiro atoms. The van der Waals surface area contributed by atoms with Crippen LogP contribution in [0.4, 0.5) is 17.1 Å². The summed E-state index contributed by atoms with van der Waals surface area (Å²) in [6, 6.07) is 25.8. The van der Waals surface area contributed by atoms with Crippen molar-refractivity contribution in [3.8, 4) is 11.5 Å². The second-order valence-corrected chi connectivity index (χ2v) is 9.88. The quantitative estimate of drug-likeness (QED) is 0.127. The molecule has 1 atom stereocenters. The first-order chi connectivity index (χ1) is 19.3. The number of rotatable bonds is 10. The number of hydrogen-bond donors (Lipinski definition) is 2. The number of amides is 2. The fraction of sp³-hybridized carbons (Fsp3) is 0.133. The van der Waals surface area contributed by atoms with Gasteiger partial charge in [-0.1, -0.05) is 30.3 Å². The SMILES string of the molecule is COc1ccc(C(=O)Nc2ccc(SC(C(=O)Nc3ccc([N+](=O)[O-])cc3C)c3ccccc3)cc2)cc1OC. The standard InChI is InChI=1S/C30H27N3O6S/c1-19-17-23(33(36)37)12-15-25(19)32-30(35)28(20-7-5-4-6-8-20)40-24-13-10-22(11-14-24)31-29(34)21-9-16-26(38-2)27(18-21)39-3/h4-18,28H,1-3H3,(H,31,34)(H,32,35). The molecule has 0 aliphatic heterocycles. The number of aryl methyl sites for hydroxylation is 1. The summed E-state index contributed by atoms with van der Waals surface area (Å²) in [7, 11) is 3.03. The maximum absolute atomic E-state index is 13.4. The van der Waals surface area contributed by atoms with Crippen molar-refractivity contribution >= 4 is 40.6 Å². The number of non-ortho nitro benzene ring substituents is 1. The summed E-state index contributed by atoms with van der Waals surface area (Å²) in [4.78, 5) is 37.6. The van der Waals surface area contributed by atoms with E-state index in [4.69, 9.17) is 9.47 Å². The average Bonchev–Trinajstić information content (AvgIpc) is 2.97. The molecule has 4 aromatic rings. The molecule has 4 aromatic carbocycles. The van der Waals surface area contributed by atoms with Crippen LogP contribution in [0.15, 0.2) is 95.9 Å². The van der Waals surface area contributed by atoms with Gasteiger partial charge < -0.3 is 20.1 Å². The summed E-state index contributed by atoms with van der Waals surface area (Å²) in [6.07, 6.45) is 0. The Balaban J connectivity index is 1.49. The van der Waals surface area contributed by atoms with Crippen LogP contribution in [-0.4, -0.2) is 31.0 Å². The lowest BCUT2D eigenvalue weighted by molar-refractivity contribution is -0.384. The first kappa shape index (κ1) is 28.2. The van der Waals surface area contributed by atoms with Crippen molar-refractivity contribution in [2.75, 3.05) is 24.9 Å². The smallest absolute Gasteiger partial charge is 0.269 e. The molecule has 40 heavy (non-hydrogen) atoms. The Kier molecular flexibility index (Phi) is 9.03. The fourth-order valence-electron chi connectivity index (χ4n) is 3.93. The molecule has 204 valence electrons. The third-order valence-electron chi connectivity index (χ3n) is 6.03. The number of nitro benzene ring substituents is 1. The molecular weight excluding hydrogens is 530 g/mol. The third kappa shape index (κ3) is 6.78. The molecule has 4 rings (SSSR count). The van der Waals surface area contributed by atoms with Crippen LogP contribution in [0.1, 0.15) is 26.7 Å². The molecule has 0 aliphatic carbocycles. The number of benzene rings is 4. The highest BCUT2D eigenvalue weighted by Crippen LogP contribution is 2.37. The normalized spacial score (nSPS) is 11.3. The van der Waals surface area contributed by atoms with Crippen molar-refractivity contribution in [2.24, 2.45) is 0 Å². The van der Waals surface area contributed by atoms with Gasteiger partial charge in [0.15, 0.2) is 11.5 Å². The van der Waals surface area contributed by atoms with E-state index in [-0.39, 0.29) is 17.5 Å². The third-order valence-corrected chi connectivity index (χ3v) is 7.30. The Morgan fingerprint density at radius 3 is 2.17 bits per heavy atom. The van der Waals surface area contributed by atoms with Gasteiger partial charge in [-0.05, 0) is 66.6 Å². The number of nitrogens with one attached hydrogen (secondary N) is 2. The Bertz CT molecular complexity index is 1530. The Morgan fingerprint density at radius 2 is 1.55 bits per heavy atom. The Morgan fingerprint density at radius 1 is 0.850 bits per heavy atom. The Hall–Kier alpha value is -4.83. The second-order valence-electron chi connectivity index (χ2n) is 8.70. The van der Waals surface area contributed by atoms with Crippen molar-refractivity contribution < 1.29 is 24.0 Å². The number of methoxy groups -OCH3 is 2. The van der Waals surface area contributed by atoms with Gasteiger partial charge in [0.25, 0.3) is 11.6 Å². The molecule has 2 N–H and O–H groups in total. The number of nitro groups is 1. The number of anilines is 2. The van der Waals surface area contributed by atoms with E-state index < -0.39 is 10.2 Å². The van der Waals surface area contributed by atoms with Gasteiger partial charge in [0.05, 0.1) is 19.1 Å². The maximum Gasteiger partial charge on any atom is 0.269 e. The highest BCUT2D eigenvalue weighted by atomic mass is 32.2. The van der Waals surface area contributed by atoms with Crippen molar-refractivity contribution in [3.63, 3.8) is 0 Å². The minimum Gasteiger partial charge on any atom is -0.493 e. The van der Waals surface area contributed by atoms with Crippen LogP contribution in [0.3, 0.4) is 0 Å². The summed E-state index contributed by atoms with van der Waals surface area (Å²) in [5, 5.41) is 16.2. The zero-order chi connectivity index (χ0) is 28.6. The molecule has 0 aromatic heterocycles. The molecule has 0 aliphatic rings. The van der Waals surface area contributed by atoms with E-state index in [0.29, 0.717) is 34.0 Å². The van der Waals surface area contributed by atoms with E-state index >= 15 is 0 Å². The lowest BCUT2D eigenvalue weighted by atomic mass is 10.1. The lowest BCUT2D eigenvalue weighted by Gasteiger charge is -2.18. The number of carbonyl (C=O) groups excluding carboxylic acids is 2. The van der Waals surface area contributed by atoms with Crippen LogP contribution in [0, 0.1) is 17.0 Å². The number of carbonyl (C=O) groups is 2. The zero-order valence-electron chi connectivity index (χ0n) is 22.0. The van der Waals surface area contributed by atoms with Crippen LogP contribution in [0.25, 0.3) is 0 Å². The van der Waals surface area contributed by atoms with Crippen LogP contribution in [0.2, 0.25) is 0 Å². The zero-order valence-corrected chi connectivity index (χ0v) is 22.9. The molecule has 0 fully saturated rings. The van der Waals surface area contributed by atoms with Gasteiger partial charge in [-0.15, -0.1) is 11.8 Å². The molecule has 0 bridgehead atoms. The first-order valence-electron chi connectivity index (χ1n) is 12.2. The monoisotopic (exact) mass is 557 g/mol. The maximum atomic E-state index is 13.4. The van der Waals surface area contributed by atoms with Gasteiger partial charge in [0.2, 0.25) is 5.91 Å². The highest BCUT2D eigenvalue weighted by molar-refractivity contribution is 8.00. The van der Waals surface area contributed by atoms with E-state index in [0.717, 1.165) is 10.5 Å². The fourth-order valence-corrected chi connectivity index (χ4v) is 4.96. The van der Waals surface area contributed by atoms with Gasteiger partial charge in [-0.25, -0.2) is 0 Å². The van der Waals surface area contributed by atoms with Crippen LogP contribution in [0.5, 0.6) is 11.5 Å². The molecule has 2 amide bonds. The molecule has 9 nitrogen and oxygen atoms in total. The number of ether oxygens (including phenoxy) is 2. The van der Waals surface area contributed by atoms with Gasteiger partial charge in [0.1, 0.15) is 5.25 Å². The van der Waals surface area contributed by atoms with Gasteiger partial charge in [-0.2, -0.15) is 0 Å². The van der Waals surface area contributed by atoms with Crippen molar-refractivity contribution in [1.29, 1.82) is 0 Å². The molecule has 0 radical (unpaired) electrons. The molecule has 1 unspecified atom stereocenters. The summed E-state index contributed by atoms with van der Waals surface area (Å²) in [6.45, 7) is 1.71. The molecule has 0 saturated carbocycles. The second kappa shape index (κ2) is 12.8. The van der Waals surface area contributed by atoms with Crippen molar-refractivity contribution in [2.45, 2.75) is 17.1 Å². The van der Waals surface area contributed by atoms with E-state index in [2.05, 4.69) is 10.6 Å². The van der Waals surface area contributed by atoms with E-state index in [1.165, 1.54) is 44.2 Å². The average molecular weight is 558 g/mol. The predicted octanol–water partition coefficient (Wildman–Crippen LogP) is 6.64. The Labute approximate surface area is 235 Å². The van der Waals surface area contributed by atoms with E-state index in [1.807, 2.05) is 42.5 Å². The van der Waals surface area contributed by atoms with Crippen molar-refractivity contribution in [1.82, 2.24) is 0 Å². The minimum atomic E-state index is -0.594. The number of nitrogens with zero attached hydrogens (tertiary/aromatic N) is 1. The predicted molar refractivity (Wildman–Crippen MR) is 155 cm³/mol. The minimum absolute atomic E-state index is 0.0391. The summed E-state index contributed by atoms with van der Waals surface area (Å²) >= 11 is 1.35. The van der Waals surface area contributed by atoms with Gasteiger partial charge in [0, 0.05) is 34.0 Å². The van der Waals surface area contributed by atoms with Gasteiger partial charge >= 0.3 is 0 Å². The molecule has 0 heterocycles. The van der Waals surface area contributed by atoms with Crippen LogP contribution < -0.4 is 20.1 Å². The highest BCUT2D eigenvalue weighted by Gasteiger charge is 2.23. The van der Waals surface area contributed by atoms with Crippen molar-refractivity contribution in [3.05, 3.63) is 118 Å². The first-order valence-corrected chi connectivity index (χ1v) is 13.1. The number of thioether (sulfide) groups is 1. The van der Waals surface area contributed by atoms with E-state index in [9.17, 15) is 19.7 Å². The molecule has 10 heteroatoms. The largest absolute Gasteiger partial charge is 0.493 e. The van der Waals surface area contributed by atoms with Gasteiger partial charge in [-0.3, -0.25) is 19.7 Å². The van der Waals surface area contributed by atoms with Crippen LogP contribution >= 0.6 is 11.8 Å². The summed E-state index contributed by atoms with van der Waals surface area (Å²) in [5.41, 5.74) is 2.86. The molecule has 0 saturated heterocycles. The lowest BCUT2D eigenvalue weighted by Crippen LogP contribution is -2.19. The number of hydrogen-bond acceptors (Lipinski definition) is 7.